The summed E-state index contributed by atoms with van der Waals surface area (Å²) in [7, 11) is 0. The van der Waals surface area contributed by atoms with Crippen molar-refractivity contribution in [2.24, 2.45) is 10.2 Å². The molecule has 0 atom stereocenters. The molecular formula is C34H51ClN4O4. The fraction of sp³-hybridized carbons (Fsp3) is 0.618. The Balaban J connectivity index is 1.54. The highest BCUT2D eigenvalue weighted by atomic mass is 35.5. The highest BCUT2D eigenvalue weighted by Gasteiger charge is 2.10. The molecule has 2 rings (SSSR count). The van der Waals surface area contributed by atoms with Crippen LogP contribution in [0, 0.1) is 10.1 Å². The van der Waals surface area contributed by atoms with Crippen LogP contribution in [0.15, 0.2) is 52.7 Å². The summed E-state index contributed by atoms with van der Waals surface area (Å²) < 4.78 is 5.49. The molecule has 0 bridgehead atoms. The van der Waals surface area contributed by atoms with Crippen molar-refractivity contribution in [3.8, 4) is 0 Å². The predicted molar refractivity (Wildman–Crippen MR) is 177 cm³/mol. The molecule has 0 saturated heterocycles. The monoisotopic (exact) mass is 614 g/mol. The Labute approximate surface area is 263 Å². The van der Waals surface area contributed by atoms with E-state index in [1.165, 1.54) is 102 Å². The van der Waals surface area contributed by atoms with E-state index in [4.69, 9.17) is 16.3 Å². The van der Waals surface area contributed by atoms with E-state index in [0.717, 1.165) is 25.1 Å². The van der Waals surface area contributed by atoms with Gasteiger partial charge >= 0.3 is 5.97 Å². The van der Waals surface area contributed by atoms with E-state index in [2.05, 4.69) is 29.0 Å². The fourth-order valence-corrected chi connectivity index (χ4v) is 5.20. The first-order valence-electron chi connectivity index (χ1n) is 16.3. The van der Waals surface area contributed by atoms with Gasteiger partial charge in [-0.25, -0.2) is 0 Å². The van der Waals surface area contributed by atoms with Crippen molar-refractivity contribution in [3.05, 3.63) is 57.6 Å². The summed E-state index contributed by atoms with van der Waals surface area (Å²) in [5.41, 5.74) is 1.89. The highest BCUT2D eigenvalue weighted by Crippen LogP contribution is 2.30. The average Bonchev–Trinajstić information content (AvgIpc) is 3.01. The maximum atomic E-state index is 12.2. The van der Waals surface area contributed by atoms with Gasteiger partial charge in [0.05, 0.1) is 22.2 Å². The van der Waals surface area contributed by atoms with Gasteiger partial charge in [0.1, 0.15) is 12.3 Å². The van der Waals surface area contributed by atoms with Crippen molar-refractivity contribution in [1.29, 1.82) is 0 Å². The number of nitrogens with zero attached hydrogens (tertiary/aromatic N) is 4. The number of carbonyl (C=O) groups is 1. The molecule has 0 aliphatic heterocycles. The average molecular weight is 615 g/mol. The van der Waals surface area contributed by atoms with Gasteiger partial charge in [0.15, 0.2) is 0 Å². The van der Waals surface area contributed by atoms with Crippen molar-refractivity contribution in [2.75, 3.05) is 24.6 Å². The summed E-state index contributed by atoms with van der Waals surface area (Å²) in [6.45, 7) is 6.06. The lowest BCUT2D eigenvalue weighted by atomic mass is 10.0. The van der Waals surface area contributed by atoms with Crippen LogP contribution in [0.3, 0.4) is 0 Å². The smallest absolute Gasteiger partial charge is 0.305 e. The quantitative estimate of drug-likeness (QED) is 0.0385. The van der Waals surface area contributed by atoms with Crippen LogP contribution in [0.5, 0.6) is 0 Å². The minimum atomic E-state index is -0.506. The van der Waals surface area contributed by atoms with Gasteiger partial charge in [-0.1, -0.05) is 108 Å². The summed E-state index contributed by atoms with van der Waals surface area (Å²) >= 11 is 6.08. The third-order valence-electron chi connectivity index (χ3n) is 7.62. The zero-order chi connectivity index (χ0) is 31.1. The van der Waals surface area contributed by atoms with Crippen molar-refractivity contribution in [3.63, 3.8) is 0 Å². The van der Waals surface area contributed by atoms with Crippen LogP contribution >= 0.6 is 11.6 Å². The lowest BCUT2D eigenvalue weighted by Crippen LogP contribution is -2.27. The molecule has 0 aliphatic rings. The molecule has 0 aromatic heterocycles. The van der Waals surface area contributed by atoms with E-state index < -0.39 is 4.92 Å². The number of nitro benzene ring substituents is 1. The Morgan fingerprint density at radius 3 is 1.88 bits per heavy atom. The normalized spacial score (nSPS) is 11.2. The minimum Gasteiger partial charge on any atom is -0.464 e. The van der Waals surface area contributed by atoms with Gasteiger partial charge in [-0.2, -0.15) is 5.11 Å². The van der Waals surface area contributed by atoms with Gasteiger partial charge in [0.2, 0.25) is 0 Å². The second-order valence-corrected chi connectivity index (χ2v) is 11.5. The van der Waals surface area contributed by atoms with Crippen LogP contribution in [-0.2, 0) is 9.53 Å². The summed E-state index contributed by atoms with van der Waals surface area (Å²) in [5.74, 6) is -0.119. The van der Waals surface area contributed by atoms with Crippen LogP contribution in [0.25, 0.3) is 0 Å². The molecule has 0 heterocycles. The van der Waals surface area contributed by atoms with E-state index in [0.29, 0.717) is 30.9 Å². The van der Waals surface area contributed by atoms with Gasteiger partial charge in [0, 0.05) is 30.8 Å². The number of ether oxygens (including phenoxy) is 1. The Hall–Kier alpha value is -3.00. The van der Waals surface area contributed by atoms with Crippen LogP contribution in [0.1, 0.15) is 117 Å². The number of carbonyl (C=O) groups excluding carboxylic acids is 1. The van der Waals surface area contributed by atoms with Crippen LogP contribution in [0.4, 0.5) is 22.7 Å². The summed E-state index contributed by atoms with van der Waals surface area (Å²) in [6, 6.07) is 11.6. The molecule has 43 heavy (non-hydrogen) atoms. The number of unbranched alkanes of at least 4 members (excludes halogenated alkanes) is 14. The largest absolute Gasteiger partial charge is 0.464 e. The van der Waals surface area contributed by atoms with E-state index in [-0.39, 0.29) is 16.7 Å². The molecule has 0 amide bonds. The number of azo groups is 1. The zero-order valence-electron chi connectivity index (χ0n) is 26.3. The second kappa shape index (κ2) is 22.5. The minimum absolute atomic E-state index is 0.0938. The third-order valence-corrected chi connectivity index (χ3v) is 7.92. The van der Waals surface area contributed by atoms with Gasteiger partial charge in [0.25, 0.3) is 5.69 Å². The van der Waals surface area contributed by atoms with Gasteiger partial charge in [-0.15, -0.1) is 5.11 Å². The number of benzene rings is 2. The van der Waals surface area contributed by atoms with E-state index in [1.807, 2.05) is 24.3 Å². The molecule has 238 valence electrons. The molecule has 2 aromatic carbocycles. The Kier molecular flexibility index (Phi) is 19.0. The number of non-ortho nitro benzene ring substituents is 1. The standard InChI is InChI=1S/C34H51ClN4O4/c1-3-5-6-7-8-9-10-11-12-13-14-15-16-17-18-19-34(40)43-27-26-38(4-2)30-22-20-29(21-23-30)36-37-33-25-24-31(39(41)42)28-32(33)35/h20-25,28H,3-19,26-27H2,1-2H3. The van der Waals surface area contributed by atoms with Gasteiger partial charge < -0.3 is 9.64 Å². The van der Waals surface area contributed by atoms with E-state index in [9.17, 15) is 14.9 Å². The Bertz CT molecular complexity index is 1090. The van der Waals surface area contributed by atoms with Gasteiger partial charge in [-0.3, -0.25) is 14.9 Å². The second-order valence-electron chi connectivity index (χ2n) is 11.1. The summed E-state index contributed by atoms with van der Waals surface area (Å²) in [5, 5.41) is 19.3. The first kappa shape index (κ1) is 36.2. The first-order chi connectivity index (χ1) is 20.9. The fourth-order valence-electron chi connectivity index (χ4n) is 4.98. The van der Waals surface area contributed by atoms with Crippen molar-refractivity contribution in [1.82, 2.24) is 0 Å². The zero-order valence-corrected chi connectivity index (χ0v) is 27.0. The van der Waals surface area contributed by atoms with Crippen LogP contribution < -0.4 is 4.90 Å². The van der Waals surface area contributed by atoms with Crippen LogP contribution in [-0.4, -0.2) is 30.6 Å². The maximum absolute atomic E-state index is 12.2. The molecule has 0 aliphatic carbocycles. The Morgan fingerprint density at radius 1 is 0.814 bits per heavy atom. The topological polar surface area (TPSA) is 97.4 Å². The van der Waals surface area contributed by atoms with Crippen molar-refractivity contribution >= 4 is 40.3 Å². The number of halogens is 1. The number of nitro groups is 1. The molecule has 0 N–H and O–H groups in total. The Morgan fingerprint density at radius 2 is 1.37 bits per heavy atom. The molecule has 0 radical (unpaired) electrons. The molecule has 2 aromatic rings. The molecule has 8 nitrogen and oxygen atoms in total. The number of hydrogen-bond acceptors (Lipinski definition) is 7. The number of hydrogen-bond donors (Lipinski definition) is 0. The molecule has 0 spiro atoms. The number of rotatable bonds is 24. The molecule has 9 heteroatoms. The van der Waals surface area contributed by atoms with Gasteiger partial charge in [-0.05, 0) is 43.7 Å². The highest BCUT2D eigenvalue weighted by molar-refractivity contribution is 6.33. The first-order valence-corrected chi connectivity index (χ1v) is 16.7. The summed E-state index contributed by atoms with van der Waals surface area (Å²) in [6.07, 6.45) is 20.1. The number of esters is 1. The van der Waals surface area contributed by atoms with Crippen LogP contribution in [0.2, 0.25) is 5.02 Å². The summed E-state index contributed by atoms with van der Waals surface area (Å²) in [4.78, 5) is 24.7. The third kappa shape index (κ3) is 15.9. The SMILES string of the molecule is CCCCCCCCCCCCCCCCCC(=O)OCCN(CC)c1ccc(N=Nc2ccc([N+](=O)[O-])cc2Cl)cc1. The number of likely N-dealkylation sites (N-methyl/N-ethyl adjacent to an activating group) is 1. The molecule has 0 fully saturated rings. The van der Waals surface area contributed by atoms with Crippen molar-refractivity contribution in [2.45, 2.75) is 117 Å². The van der Waals surface area contributed by atoms with E-state index >= 15 is 0 Å². The maximum Gasteiger partial charge on any atom is 0.305 e. The number of anilines is 1. The lowest BCUT2D eigenvalue weighted by Gasteiger charge is -2.23. The molecule has 0 unspecified atom stereocenters. The predicted octanol–water partition coefficient (Wildman–Crippen LogP) is 11.3. The molecule has 0 saturated carbocycles. The lowest BCUT2D eigenvalue weighted by molar-refractivity contribution is -0.384. The van der Waals surface area contributed by atoms with E-state index in [1.54, 1.807) is 0 Å². The van der Waals surface area contributed by atoms with Crippen molar-refractivity contribution < 1.29 is 14.5 Å². The molecular weight excluding hydrogens is 564 g/mol.